The number of rotatable bonds is 5. The normalized spacial score (nSPS) is 15.5. The molecule has 166 valence electrons. The highest BCUT2D eigenvalue weighted by molar-refractivity contribution is 6.31. The molecule has 0 spiro atoms. The SMILES string of the molecule is CCN1CCN(c2ccc(NC(=O)/C=C/c3ccc(Cl)c(C(F)(F)F)c3)c(C)c2)CC1. The maximum absolute atomic E-state index is 13.0. The fourth-order valence-corrected chi connectivity index (χ4v) is 3.74. The summed E-state index contributed by atoms with van der Waals surface area (Å²) in [4.78, 5) is 17.0. The van der Waals surface area contributed by atoms with Gasteiger partial charge < -0.3 is 15.1 Å². The highest BCUT2D eigenvalue weighted by Crippen LogP contribution is 2.35. The van der Waals surface area contributed by atoms with Gasteiger partial charge in [0.15, 0.2) is 0 Å². The highest BCUT2D eigenvalue weighted by Gasteiger charge is 2.33. The van der Waals surface area contributed by atoms with Crippen molar-refractivity contribution in [2.45, 2.75) is 20.0 Å². The lowest BCUT2D eigenvalue weighted by molar-refractivity contribution is -0.137. The molecule has 31 heavy (non-hydrogen) atoms. The number of carbonyl (C=O) groups excluding carboxylic acids is 1. The first-order chi connectivity index (χ1) is 14.7. The molecular formula is C23H25ClF3N3O. The summed E-state index contributed by atoms with van der Waals surface area (Å²) in [6.07, 6.45) is -2.01. The zero-order valence-electron chi connectivity index (χ0n) is 17.5. The first kappa shape index (κ1) is 23.2. The molecule has 3 rings (SSSR count). The van der Waals surface area contributed by atoms with Crippen LogP contribution in [0.1, 0.15) is 23.6 Å². The Morgan fingerprint density at radius 3 is 2.45 bits per heavy atom. The third-order valence-corrected chi connectivity index (χ3v) is 5.71. The van der Waals surface area contributed by atoms with Gasteiger partial charge in [-0.1, -0.05) is 24.6 Å². The van der Waals surface area contributed by atoms with Crippen LogP contribution in [-0.4, -0.2) is 43.5 Å². The number of nitrogens with one attached hydrogen (secondary N) is 1. The molecule has 0 saturated carbocycles. The molecule has 2 aromatic carbocycles. The van der Waals surface area contributed by atoms with Crippen molar-refractivity contribution in [2.75, 3.05) is 42.9 Å². The van der Waals surface area contributed by atoms with Gasteiger partial charge in [0.05, 0.1) is 10.6 Å². The Morgan fingerprint density at radius 1 is 1.13 bits per heavy atom. The number of piperazine rings is 1. The Bertz CT molecular complexity index is 967. The van der Waals surface area contributed by atoms with Crippen LogP contribution in [0.3, 0.4) is 0 Å². The molecule has 1 aliphatic rings. The van der Waals surface area contributed by atoms with E-state index >= 15 is 0 Å². The van der Waals surface area contributed by atoms with Crippen LogP contribution in [0.5, 0.6) is 0 Å². The molecule has 2 aromatic rings. The Kier molecular flexibility index (Phi) is 7.28. The maximum Gasteiger partial charge on any atom is 0.417 e. The van der Waals surface area contributed by atoms with Crippen molar-refractivity contribution in [1.82, 2.24) is 4.90 Å². The monoisotopic (exact) mass is 451 g/mol. The minimum absolute atomic E-state index is 0.241. The van der Waals surface area contributed by atoms with E-state index in [1.54, 1.807) is 0 Å². The first-order valence-corrected chi connectivity index (χ1v) is 10.5. The Labute approximate surface area is 185 Å². The topological polar surface area (TPSA) is 35.6 Å². The number of hydrogen-bond donors (Lipinski definition) is 1. The molecular weight excluding hydrogens is 427 g/mol. The van der Waals surface area contributed by atoms with Crippen LogP contribution >= 0.6 is 11.6 Å². The van der Waals surface area contributed by atoms with Gasteiger partial charge in [0.2, 0.25) is 5.91 Å². The second-order valence-corrected chi connectivity index (χ2v) is 7.89. The second kappa shape index (κ2) is 9.75. The standard InChI is InChI=1S/C23H25ClF3N3O/c1-3-29-10-12-30(13-11-29)18-6-8-21(16(2)14-18)28-22(31)9-5-17-4-7-20(24)19(15-17)23(25,26)27/h4-9,14-15H,3,10-13H2,1-2H3,(H,28,31)/b9-5+. The molecule has 0 radical (unpaired) electrons. The Morgan fingerprint density at radius 2 is 1.84 bits per heavy atom. The molecule has 0 unspecified atom stereocenters. The maximum atomic E-state index is 13.0. The van der Waals surface area contributed by atoms with Crippen LogP contribution in [0, 0.1) is 6.92 Å². The Balaban J connectivity index is 1.64. The van der Waals surface area contributed by atoms with Crippen molar-refractivity contribution in [1.29, 1.82) is 0 Å². The number of anilines is 2. The summed E-state index contributed by atoms with van der Waals surface area (Å²) >= 11 is 5.62. The van der Waals surface area contributed by atoms with Crippen LogP contribution in [0.4, 0.5) is 24.5 Å². The molecule has 1 fully saturated rings. The predicted molar refractivity (Wildman–Crippen MR) is 120 cm³/mol. The number of hydrogen-bond acceptors (Lipinski definition) is 3. The average Bonchev–Trinajstić information content (AvgIpc) is 2.74. The van der Waals surface area contributed by atoms with Gasteiger partial charge in [0.25, 0.3) is 0 Å². The molecule has 8 heteroatoms. The van der Waals surface area contributed by atoms with Gasteiger partial charge in [-0.3, -0.25) is 4.79 Å². The number of halogens is 4. The molecule has 0 aliphatic carbocycles. The number of alkyl halides is 3. The van der Waals surface area contributed by atoms with Gasteiger partial charge in [0.1, 0.15) is 0 Å². The molecule has 1 amide bonds. The van der Waals surface area contributed by atoms with Gasteiger partial charge >= 0.3 is 6.18 Å². The van der Waals surface area contributed by atoms with Crippen LogP contribution in [0.2, 0.25) is 5.02 Å². The number of aryl methyl sites for hydroxylation is 1. The third-order valence-electron chi connectivity index (χ3n) is 5.38. The molecule has 0 aromatic heterocycles. The lowest BCUT2D eigenvalue weighted by Gasteiger charge is -2.35. The van der Waals surface area contributed by atoms with Gasteiger partial charge in [-0.2, -0.15) is 13.2 Å². The minimum atomic E-state index is -4.55. The van der Waals surface area contributed by atoms with E-state index in [1.807, 2.05) is 25.1 Å². The van der Waals surface area contributed by atoms with E-state index < -0.39 is 17.6 Å². The predicted octanol–water partition coefficient (Wildman–Crippen LogP) is 5.46. The summed E-state index contributed by atoms with van der Waals surface area (Å²) in [6, 6.07) is 9.39. The van der Waals surface area contributed by atoms with Crippen molar-refractivity contribution in [3.8, 4) is 0 Å². The quantitative estimate of drug-likeness (QED) is 0.613. The average molecular weight is 452 g/mol. The third kappa shape index (κ3) is 6.02. The number of likely N-dealkylation sites (N-methyl/N-ethyl adjacent to an activating group) is 1. The van der Waals surface area contributed by atoms with Crippen molar-refractivity contribution in [3.05, 3.63) is 64.2 Å². The summed E-state index contributed by atoms with van der Waals surface area (Å²) in [5.41, 5.74) is 2.01. The zero-order valence-corrected chi connectivity index (χ0v) is 18.2. The molecule has 4 nitrogen and oxygen atoms in total. The van der Waals surface area contributed by atoms with Gasteiger partial charge in [-0.25, -0.2) is 0 Å². The van der Waals surface area contributed by atoms with Gasteiger partial charge in [-0.15, -0.1) is 0 Å². The molecule has 1 aliphatic heterocycles. The lowest BCUT2D eigenvalue weighted by atomic mass is 10.1. The Hall–Kier alpha value is -2.51. The van der Waals surface area contributed by atoms with Crippen molar-refractivity contribution >= 4 is 35.0 Å². The summed E-state index contributed by atoms with van der Waals surface area (Å²) in [5.74, 6) is -0.420. The molecule has 1 saturated heterocycles. The van der Waals surface area contributed by atoms with Crippen LogP contribution in [-0.2, 0) is 11.0 Å². The largest absolute Gasteiger partial charge is 0.417 e. The van der Waals surface area contributed by atoms with Crippen molar-refractivity contribution in [2.24, 2.45) is 0 Å². The number of amides is 1. The van der Waals surface area contributed by atoms with E-state index in [1.165, 1.54) is 24.3 Å². The smallest absolute Gasteiger partial charge is 0.369 e. The zero-order chi connectivity index (χ0) is 22.6. The summed E-state index contributed by atoms with van der Waals surface area (Å²) in [5, 5.41) is 2.41. The molecule has 1 N–H and O–H groups in total. The summed E-state index contributed by atoms with van der Waals surface area (Å²) < 4.78 is 38.9. The lowest BCUT2D eigenvalue weighted by Crippen LogP contribution is -2.46. The van der Waals surface area contributed by atoms with E-state index in [-0.39, 0.29) is 10.6 Å². The van der Waals surface area contributed by atoms with Crippen LogP contribution in [0.25, 0.3) is 6.08 Å². The van der Waals surface area contributed by atoms with Crippen molar-refractivity contribution < 1.29 is 18.0 Å². The van der Waals surface area contributed by atoms with E-state index in [9.17, 15) is 18.0 Å². The fourth-order valence-electron chi connectivity index (χ4n) is 3.52. The van der Waals surface area contributed by atoms with E-state index in [0.29, 0.717) is 5.69 Å². The van der Waals surface area contributed by atoms with Gasteiger partial charge in [0, 0.05) is 43.6 Å². The van der Waals surface area contributed by atoms with Crippen LogP contribution in [0.15, 0.2) is 42.5 Å². The molecule has 0 atom stereocenters. The minimum Gasteiger partial charge on any atom is -0.369 e. The number of nitrogens with zero attached hydrogens (tertiary/aromatic N) is 2. The number of benzene rings is 2. The van der Waals surface area contributed by atoms with Gasteiger partial charge in [-0.05, 0) is 61.0 Å². The fraction of sp³-hybridized carbons (Fsp3) is 0.348. The first-order valence-electron chi connectivity index (χ1n) is 10.1. The molecule has 1 heterocycles. The summed E-state index contributed by atoms with van der Waals surface area (Å²) in [6.45, 7) is 9.11. The number of carbonyl (C=O) groups is 1. The van der Waals surface area contributed by atoms with Crippen LogP contribution < -0.4 is 10.2 Å². The van der Waals surface area contributed by atoms with E-state index in [4.69, 9.17) is 11.6 Å². The molecule has 0 bridgehead atoms. The van der Waals surface area contributed by atoms with E-state index in [0.717, 1.165) is 50.0 Å². The van der Waals surface area contributed by atoms with E-state index in [2.05, 4.69) is 22.0 Å². The highest BCUT2D eigenvalue weighted by atomic mass is 35.5. The second-order valence-electron chi connectivity index (χ2n) is 7.48. The summed E-state index contributed by atoms with van der Waals surface area (Å²) in [7, 11) is 0. The van der Waals surface area contributed by atoms with Crippen molar-refractivity contribution in [3.63, 3.8) is 0 Å².